The van der Waals surface area contributed by atoms with Gasteiger partial charge in [0.1, 0.15) is 5.75 Å². The van der Waals surface area contributed by atoms with Gasteiger partial charge in [0.25, 0.3) is 0 Å². The second kappa shape index (κ2) is 6.26. The van der Waals surface area contributed by atoms with Gasteiger partial charge in [-0.3, -0.25) is 5.21 Å². The Morgan fingerprint density at radius 3 is 2.91 bits per heavy atom. The molecule has 3 rings (SSSR count). The molecular weight excluding hydrogens is 294 g/mol. The minimum absolute atomic E-state index is 0.222. The summed E-state index contributed by atoms with van der Waals surface area (Å²) in [5, 5.41) is 9.97. The number of aryl methyl sites for hydroxylation is 1. The molecule has 0 radical (unpaired) electrons. The summed E-state index contributed by atoms with van der Waals surface area (Å²) < 4.78 is 5.79. The molecule has 1 saturated carbocycles. The Balaban J connectivity index is 1.66. The predicted octanol–water partition coefficient (Wildman–Crippen LogP) is 3.06. The maximum absolute atomic E-state index is 10.9. The molecule has 1 heterocycles. The van der Waals surface area contributed by atoms with Crippen molar-refractivity contribution in [1.82, 2.24) is 10.0 Å². The monoisotopic (exact) mass is 313 g/mol. The van der Waals surface area contributed by atoms with Gasteiger partial charge in [-0.2, -0.15) is 0 Å². The Bertz CT molecular complexity index is 720. The molecule has 1 aliphatic carbocycles. The summed E-state index contributed by atoms with van der Waals surface area (Å²) in [5.41, 5.74) is 7.05. The molecule has 0 spiro atoms. The van der Waals surface area contributed by atoms with Crippen LogP contribution < -0.4 is 10.5 Å². The van der Waals surface area contributed by atoms with Crippen LogP contribution in [0.5, 0.6) is 11.6 Å². The quantitative estimate of drug-likeness (QED) is 0.656. The SMILES string of the molecule is Cc1cccc(Oc2cccc([C@@H]3C[C@H]3CN(O)C(N)=O)c2)n1. The number of hydrogen-bond donors (Lipinski definition) is 2. The van der Waals surface area contributed by atoms with Crippen LogP contribution in [0.15, 0.2) is 42.5 Å². The number of rotatable bonds is 5. The fourth-order valence-electron chi connectivity index (χ4n) is 2.67. The summed E-state index contributed by atoms with van der Waals surface area (Å²) in [6.45, 7) is 2.17. The van der Waals surface area contributed by atoms with Crippen molar-refractivity contribution in [2.75, 3.05) is 6.54 Å². The molecule has 2 aromatic rings. The molecule has 1 aliphatic rings. The lowest BCUT2D eigenvalue weighted by atomic mass is 10.1. The molecule has 2 atom stereocenters. The molecule has 6 heteroatoms. The molecular formula is C17H19N3O3. The number of amides is 2. The number of nitrogens with two attached hydrogens (primary N) is 1. The maximum Gasteiger partial charge on any atom is 0.338 e. The van der Waals surface area contributed by atoms with Crippen LogP contribution in [0.25, 0.3) is 0 Å². The van der Waals surface area contributed by atoms with E-state index in [1.165, 1.54) is 0 Å². The molecule has 120 valence electrons. The highest BCUT2D eigenvalue weighted by atomic mass is 16.5. The average molecular weight is 313 g/mol. The van der Waals surface area contributed by atoms with Crippen molar-refractivity contribution in [2.45, 2.75) is 19.3 Å². The minimum Gasteiger partial charge on any atom is -0.439 e. The van der Waals surface area contributed by atoms with Gasteiger partial charge in [0.2, 0.25) is 5.88 Å². The summed E-state index contributed by atoms with van der Waals surface area (Å²) >= 11 is 0. The molecule has 2 amide bonds. The summed E-state index contributed by atoms with van der Waals surface area (Å²) in [6, 6.07) is 12.6. The lowest BCUT2D eigenvalue weighted by Gasteiger charge is -2.11. The first-order valence-corrected chi connectivity index (χ1v) is 7.50. The van der Waals surface area contributed by atoms with Gasteiger partial charge in [0, 0.05) is 11.8 Å². The van der Waals surface area contributed by atoms with Crippen LogP contribution in [0.2, 0.25) is 0 Å². The molecule has 0 bridgehead atoms. The highest BCUT2D eigenvalue weighted by molar-refractivity contribution is 5.70. The molecule has 23 heavy (non-hydrogen) atoms. The van der Waals surface area contributed by atoms with E-state index in [1.54, 1.807) is 0 Å². The molecule has 3 N–H and O–H groups in total. The number of urea groups is 1. The highest BCUT2D eigenvalue weighted by Crippen LogP contribution is 2.48. The Hall–Kier alpha value is -2.60. The van der Waals surface area contributed by atoms with E-state index in [1.807, 2.05) is 49.4 Å². The number of ether oxygens (including phenoxy) is 1. The van der Waals surface area contributed by atoms with E-state index < -0.39 is 6.03 Å². The van der Waals surface area contributed by atoms with Crippen molar-refractivity contribution in [2.24, 2.45) is 11.7 Å². The van der Waals surface area contributed by atoms with Crippen LogP contribution in [0.1, 0.15) is 23.6 Å². The number of aromatic nitrogens is 1. The molecule has 0 unspecified atom stereocenters. The zero-order valence-electron chi connectivity index (χ0n) is 12.8. The Morgan fingerprint density at radius 1 is 1.39 bits per heavy atom. The van der Waals surface area contributed by atoms with Crippen molar-refractivity contribution < 1.29 is 14.7 Å². The lowest BCUT2D eigenvalue weighted by Crippen LogP contribution is -2.34. The van der Waals surface area contributed by atoms with E-state index in [0.29, 0.717) is 16.9 Å². The summed E-state index contributed by atoms with van der Waals surface area (Å²) in [6.07, 6.45) is 0.913. The summed E-state index contributed by atoms with van der Waals surface area (Å²) in [5.74, 6) is 1.81. The third-order valence-electron chi connectivity index (χ3n) is 3.96. The maximum atomic E-state index is 10.9. The van der Waals surface area contributed by atoms with E-state index in [-0.39, 0.29) is 12.5 Å². The molecule has 1 aromatic carbocycles. The normalized spacial score (nSPS) is 19.2. The van der Waals surface area contributed by atoms with Crippen molar-refractivity contribution >= 4 is 6.03 Å². The predicted molar refractivity (Wildman–Crippen MR) is 84.4 cm³/mol. The van der Waals surface area contributed by atoms with E-state index >= 15 is 0 Å². The number of carbonyl (C=O) groups is 1. The first-order valence-electron chi connectivity index (χ1n) is 7.50. The van der Waals surface area contributed by atoms with E-state index in [9.17, 15) is 10.0 Å². The minimum atomic E-state index is -0.821. The third-order valence-corrected chi connectivity index (χ3v) is 3.96. The van der Waals surface area contributed by atoms with Gasteiger partial charge in [-0.25, -0.2) is 14.8 Å². The van der Waals surface area contributed by atoms with Crippen LogP contribution in [0.4, 0.5) is 4.79 Å². The zero-order chi connectivity index (χ0) is 16.4. The molecule has 0 saturated heterocycles. The van der Waals surface area contributed by atoms with Gasteiger partial charge >= 0.3 is 6.03 Å². The standard InChI is InChI=1S/C17H19N3O3/c1-11-4-2-7-16(19-11)23-14-6-3-5-12(8-14)15-9-13(15)10-20(22)17(18)21/h2-8,13,15,22H,9-10H2,1H3,(H2,18,21)/t13-,15-/m0/s1. The highest BCUT2D eigenvalue weighted by Gasteiger charge is 2.40. The molecule has 1 aromatic heterocycles. The van der Waals surface area contributed by atoms with Gasteiger partial charge in [0.05, 0.1) is 6.54 Å². The zero-order valence-corrected chi connectivity index (χ0v) is 12.8. The topological polar surface area (TPSA) is 88.7 Å². The number of carbonyl (C=O) groups excluding carboxylic acids is 1. The Labute approximate surface area is 134 Å². The van der Waals surface area contributed by atoms with Gasteiger partial charge < -0.3 is 10.5 Å². The molecule has 1 fully saturated rings. The van der Waals surface area contributed by atoms with Crippen molar-refractivity contribution in [3.05, 3.63) is 53.7 Å². The van der Waals surface area contributed by atoms with Gasteiger partial charge in [-0.05, 0) is 48.9 Å². The van der Waals surface area contributed by atoms with Crippen LogP contribution in [-0.2, 0) is 0 Å². The third kappa shape index (κ3) is 3.78. The smallest absolute Gasteiger partial charge is 0.338 e. The van der Waals surface area contributed by atoms with Gasteiger partial charge in [-0.1, -0.05) is 18.2 Å². The van der Waals surface area contributed by atoms with Crippen molar-refractivity contribution in [1.29, 1.82) is 0 Å². The summed E-state index contributed by atoms with van der Waals surface area (Å²) in [4.78, 5) is 15.2. The van der Waals surface area contributed by atoms with Crippen molar-refractivity contribution in [3.63, 3.8) is 0 Å². The Kier molecular flexibility index (Phi) is 4.16. The fourth-order valence-corrected chi connectivity index (χ4v) is 2.67. The van der Waals surface area contributed by atoms with Gasteiger partial charge in [-0.15, -0.1) is 0 Å². The number of hydroxylamine groups is 2. The lowest BCUT2D eigenvalue weighted by molar-refractivity contribution is -0.0431. The second-order valence-corrected chi connectivity index (χ2v) is 5.81. The molecule has 6 nitrogen and oxygen atoms in total. The van der Waals surface area contributed by atoms with Crippen LogP contribution in [-0.4, -0.2) is 27.8 Å². The number of hydrogen-bond acceptors (Lipinski definition) is 4. The average Bonchev–Trinajstić information content (AvgIpc) is 3.26. The first kappa shape index (κ1) is 15.3. The Morgan fingerprint density at radius 2 is 2.17 bits per heavy atom. The summed E-state index contributed by atoms with van der Waals surface area (Å²) in [7, 11) is 0. The number of benzene rings is 1. The van der Waals surface area contributed by atoms with E-state index in [2.05, 4.69) is 4.98 Å². The van der Waals surface area contributed by atoms with Crippen LogP contribution >= 0.6 is 0 Å². The van der Waals surface area contributed by atoms with Crippen molar-refractivity contribution in [3.8, 4) is 11.6 Å². The first-order chi connectivity index (χ1) is 11.0. The van der Waals surface area contributed by atoms with Crippen LogP contribution in [0.3, 0.4) is 0 Å². The second-order valence-electron chi connectivity index (χ2n) is 5.81. The number of primary amides is 1. The van der Waals surface area contributed by atoms with E-state index in [4.69, 9.17) is 10.5 Å². The van der Waals surface area contributed by atoms with E-state index in [0.717, 1.165) is 23.4 Å². The number of pyridine rings is 1. The van der Waals surface area contributed by atoms with Crippen LogP contribution in [0, 0.1) is 12.8 Å². The molecule has 0 aliphatic heterocycles. The number of nitrogens with zero attached hydrogens (tertiary/aromatic N) is 2. The fraction of sp³-hybridized carbons (Fsp3) is 0.294. The van der Waals surface area contributed by atoms with Gasteiger partial charge in [0.15, 0.2) is 0 Å². The largest absolute Gasteiger partial charge is 0.439 e.